The number of ether oxygens (including phenoxy) is 3. The van der Waals surface area contributed by atoms with Gasteiger partial charge in [0.15, 0.2) is 0 Å². The van der Waals surface area contributed by atoms with Gasteiger partial charge in [-0.1, -0.05) is 0 Å². The average molecular weight is 557 g/mol. The molecular weight excluding hydrogens is 500 g/mol. The lowest BCUT2D eigenvalue weighted by Crippen LogP contribution is -2.49. The Morgan fingerprint density at radius 3 is 1.64 bits per heavy atom. The number of hydrogen-bond donors (Lipinski definition) is 4. The van der Waals surface area contributed by atoms with Crippen LogP contribution in [0.15, 0.2) is 0 Å². The van der Waals surface area contributed by atoms with E-state index in [4.69, 9.17) is 19.9 Å². The predicted octanol–water partition coefficient (Wildman–Crippen LogP) is 1.96. The molecule has 228 valence electrons. The van der Waals surface area contributed by atoms with Crippen LogP contribution in [0, 0.1) is 11.8 Å². The van der Waals surface area contributed by atoms with Gasteiger partial charge in [0.05, 0.1) is 11.2 Å². The molecule has 10 nitrogen and oxygen atoms in total. The van der Waals surface area contributed by atoms with Crippen LogP contribution in [0.1, 0.15) is 72.1 Å². The quantitative estimate of drug-likeness (QED) is 0.372. The van der Waals surface area contributed by atoms with Crippen molar-refractivity contribution in [3.8, 4) is 0 Å². The highest BCUT2D eigenvalue weighted by Crippen LogP contribution is 2.26. The summed E-state index contributed by atoms with van der Waals surface area (Å²) in [7, 11) is 0. The summed E-state index contributed by atoms with van der Waals surface area (Å²) in [6.07, 6.45) is 7.14. The fourth-order valence-electron chi connectivity index (χ4n) is 5.92. The second-order valence-corrected chi connectivity index (χ2v) is 13.2. The molecule has 4 aliphatic rings. The third-order valence-electron chi connectivity index (χ3n) is 8.56. The molecular formula is C29H56N4O6. The van der Waals surface area contributed by atoms with Crippen LogP contribution in [0.5, 0.6) is 0 Å². The molecule has 10 heteroatoms. The maximum absolute atomic E-state index is 11.7. The monoisotopic (exact) mass is 556 g/mol. The van der Waals surface area contributed by atoms with E-state index in [2.05, 4.69) is 15.1 Å². The summed E-state index contributed by atoms with van der Waals surface area (Å²) in [5.74, 6) is 1.18. The summed E-state index contributed by atoms with van der Waals surface area (Å²) in [6.45, 7) is 15.5. The first-order chi connectivity index (χ1) is 18.5. The highest BCUT2D eigenvalue weighted by atomic mass is 16.6. The molecule has 39 heavy (non-hydrogen) atoms. The molecule has 0 spiro atoms. The molecule has 0 aromatic carbocycles. The average Bonchev–Trinajstić information content (AvgIpc) is 2.89. The Kier molecular flexibility index (Phi) is 12.7. The van der Waals surface area contributed by atoms with E-state index >= 15 is 0 Å². The van der Waals surface area contributed by atoms with Gasteiger partial charge < -0.3 is 45.3 Å². The predicted molar refractivity (Wildman–Crippen MR) is 152 cm³/mol. The van der Waals surface area contributed by atoms with Crippen molar-refractivity contribution in [1.29, 1.82) is 0 Å². The van der Waals surface area contributed by atoms with Gasteiger partial charge in [-0.2, -0.15) is 0 Å². The zero-order valence-electron chi connectivity index (χ0n) is 24.8. The van der Waals surface area contributed by atoms with Gasteiger partial charge in [0, 0.05) is 71.7 Å². The van der Waals surface area contributed by atoms with Crippen LogP contribution in [-0.4, -0.2) is 122 Å². The zero-order chi connectivity index (χ0) is 28.4. The Bertz CT molecular complexity index is 705. The molecule has 4 saturated heterocycles. The number of nitrogens with zero attached hydrogens (tertiary/aromatic N) is 2. The van der Waals surface area contributed by atoms with Crippen LogP contribution in [0.2, 0.25) is 0 Å². The lowest BCUT2D eigenvalue weighted by Gasteiger charge is -2.39. The van der Waals surface area contributed by atoms with Gasteiger partial charge in [-0.3, -0.25) is 0 Å². The van der Waals surface area contributed by atoms with Crippen LogP contribution < -0.4 is 11.1 Å². The molecule has 4 fully saturated rings. The van der Waals surface area contributed by atoms with Crippen molar-refractivity contribution in [2.24, 2.45) is 17.6 Å². The van der Waals surface area contributed by atoms with Crippen molar-refractivity contribution in [1.82, 2.24) is 15.1 Å². The number of nitrogens with one attached hydrogen (secondary N) is 1. The summed E-state index contributed by atoms with van der Waals surface area (Å²) >= 11 is 0. The Morgan fingerprint density at radius 2 is 1.26 bits per heavy atom. The Labute approximate surface area is 235 Å². The minimum Gasteiger partial charge on any atom is -0.444 e. The van der Waals surface area contributed by atoms with E-state index in [0.29, 0.717) is 44.8 Å². The first-order valence-corrected chi connectivity index (χ1v) is 15.2. The number of hydrogen-bond acceptors (Lipinski definition) is 9. The lowest BCUT2D eigenvalue weighted by molar-refractivity contribution is -0.0833. The topological polar surface area (TPSA) is 130 Å². The molecule has 0 bridgehead atoms. The van der Waals surface area contributed by atoms with E-state index < -0.39 is 16.8 Å². The minimum atomic E-state index is -0.583. The van der Waals surface area contributed by atoms with E-state index in [-0.39, 0.29) is 6.09 Å². The number of alkyl carbamates (subject to hydrolysis) is 1. The van der Waals surface area contributed by atoms with E-state index in [9.17, 15) is 15.0 Å². The Morgan fingerprint density at radius 1 is 0.846 bits per heavy atom. The number of rotatable bonds is 7. The lowest BCUT2D eigenvalue weighted by atomic mass is 9.91. The Hall–Kier alpha value is -1.01. The number of β-amino-alcohol motifs (C(OH)–C–C–N with tert-alkyl or cyclic N) is 2. The van der Waals surface area contributed by atoms with E-state index in [1.807, 2.05) is 20.8 Å². The van der Waals surface area contributed by atoms with Crippen molar-refractivity contribution in [2.45, 2.75) is 88.9 Å². The van der Waals surface area contributed by atoms with Crippen LogP contribution in [0.3, 0.4) is 0 Å². The van der Waals surface area contributed by atoms with Crippen LogP contribution in [0.4, 0.5) is 4.79 Å². The molecule has 4 heterocycles. The molecule has 0 aromatic rings. The molecule has 0 saturated carbocycles. The van der Waals surface area contributed by atoms with Gasteiger partial charge in [0.2, 0.25) is 0 Å². The van der Waals surface area contributed by atoms with Crippen molar-refractivity contribution in [3.05, 3.63) is 0 Å². The minimum absolute atomic E-state index is 0.337. The number of carbonyl (C=O) groups is 1. The van der Waals surface area contributed by atoms with Gasteiger partial charge in [-0.05, 0) is 91.0 Å². The van der Waals surface area contributed by atoms with Gasteiger partial charge >= 0.3 is 6.09 Å². The number of piperidine rings is 2. The first kappa shape index (κ1) is 32.5. The van der Waals surface area contributed by atoms with Gasteiger partial charge in [0.25, 0.3) is 0 Å². The normalized spacial score (nSPS) is 25.4. The van der Waals surface area contributed by atoms with Crippen LogP contribution in [-0.2, 0) is 14.2 Å². The maximum atomic E-state index is 11.7. The molecule has 0 radical (unpaired) electrons. The number of amides is 1. The van der Waals surface area contributed by atoms with Crippen LogP contribution in [0.25, 0.3) is 0 Å². The molecule has 4 aliphatic heterocycles. The molecule has 0 aromatic heterocycles. The summed E-state index contributed by atoms with van der Waals surface area (Å²) in [5, 5.41) is 23.8. The number of nitrogens with two attached hydrogens (primary N) is 1. The van der Waals surface area contributed by atoms with E-state index in [0.717, 1.165) is 84.3 Å². The highest BCUT2D eigenvalue weighted by Gasteiger charge is 2.34. The summed E-state index contributed by atoms with van der Waals surface area (Å²) < 4.78 is 15.9. The Balaban J connectivity index is 0.000000230. The summed E-state index contributed by atoms with van der Waals surface area (Å²) in [6, 6.07) is 0. The third kappa shape index (κ3) is 12.2. The molecule has 0 aliphatic carbocycles. The molecule has 1 amide bonds. The third-order valence-corrected chi connectivity index (χ3v) is 8.56. The largest absolute Gasteiger partial charge is 0.444 e. The maximum Gasteiger partial charge on any atom is 0.407 e. The van der Waals surface area contributed by atoms with E-state index in [1.165, 1.54) is 12.8 Å². The smallest absolute Gasteiger partial charge is 0.407 e. The molecule has 0 unspecified atom stereocenters. The zero-order valence-corrected chi connectivity index (χ0v) is 24.8. The van der Waals surface area contributed by atoms with Crippen molar-refractivity contribution in [3.63, 3.8) is 0 Å². The fourth-order valence-corrected chi connectivity index (χ4v) is 5.92. The second-order valence-electron chi connectivity index (χ2n) is 13.2. The standard InChI is InChI=1S/C17H32N2O4.C12H24N2O2/c1-16(2,3)23-15(20)18-12-14-4-8-19(9-5-14)13-17(21)6-10-22-11-7-17;13-9-11-1-5-14(6-2-11)10-12(15)3-7-16-8-4-12/h14,21H,4-13H2,1-3H3,(H,18,20);11,15H,1-10,13H2. The fraction of sp³-hybridized carbons (Fsp3) is 0.966. The summed E-state index contributed by atoms with van der Waals surface area (Å²) in [5.41, 5.74) is 4.13. The molecule has 4 rings (SSSR count). The molecule has 5 N–H and O–H groups in total. The first-order valence-electron chi connectivity index (χ1n) is 15.2. The van der Waals surface area contributed by atoms with Gasteiger partial charge in [0.1, 0.15) is 5.60 Å². The second kappa shape index (κ2) is 15.3. The molecule has 0 atom stereocenters. The number of likely N-dealkylation sites (tertiary alicyclic amines) is 2. The SMILES string of the molecule is CC(C)(C)OC(=O)NCC1CCN(CC2(O)CCOCC2)CC1.NCC1CCN(CC2(O)CCOCC2)CC1. The van der Waals surface area contributed by atoms with Gasteiger partial charge in [-0.25, -0.2) is 4.79 Å². The van der Waals surface area contributed by atoms with Crippen molar-refractivity contribution in [2.75, 3.05) is 78.8 Å². The highest BCUT2D eigenvalue weighted by molar-refractivity contribution is 5.67. The number of aliphatic hydroxyl groups is 2. The van der Waals surface area contributed by atoms with E-state index in [1.54, 1.807) is 0 Å². The summed E-state index contributed by atoms with van der Waals surface area (Å²) in [4.78, 5) is 16.4. The van der Waals surface area contributed by atoms with Crippen molar-refractivity contribution >= 4 is 6.09 Å². The van der Waals surface area contributed by atoms with Gasteiger partial charge in [-0.15, -0.1) is 0 Å². The van der Waals surface area contributed by atoms with Crippen LogP contribution >= 0.6 is 0 Å². The number of carbonyl (C=O) groups excluding carboxylic acids is 1. The van der Waals surface area contributed by atoms with Crippen molar-refractivity contribution < 1.29 is 29.2 Å².